The third-order valence-electron chi connectivity index (χ3n) is 3.85. The molecule has 0 aliphatic carbocycles. The molecule has 0 bridgehead atoms. The van der Waals surface area contributed by atoms with Crippen LogP contribution in [0.3, 0.4) is 0 Å². The smallest absolute Gasteiger partial charge is 0.137 e. The third-order valence-corrected chi connectivity index (χ3v) is 3.85. The number of rotatable bonds is 1. The summed E-state index contributed by atoms with van der Waals surface area (Å²) >= 11 is 0. The molecule has 2 aromatic rings. The summed E-state index contributed by atoms with van der Waals surface area (Å²) < 4.78 is 14.2. The molecule has 2 N–H and O–H groups in total. The molecule has 0 aromatic heterocycles. The van der Waals surface area contributed by atoms with E-state index in [4.69, 9.17) is 0 Å². The van der Waals surface area contributed by atoms with Gasteiger partial charge in [0, 0.05) is 17.5 Å². The van der Waals surface area contributed by atoms with Gasteiger partial charge in [0.25, 0.3) is 0 Å². The van der Waals surface area contributed by atoms with Gasteiger partial charge in [0.05, 0.1) is 0 Å². The maximum absolute atomic E-state index is 14.2. The number of aromatic hydroxyl groups is 1. The van der Waals surface area contributed by atoms with Gasteiger partial charge in [0.1, 0.15) is 11.6 Å². The molecule has 18 heavy (non-hydrogen) atoms. The van der Waals surface area contributed by atoms with Gasteiger partial charge in [-0.15, -0.1) is 0 Å². The summed E-state index contributed by atoms with van der Waals surface area (Å²) in [5.41, 5.74) is 1.50. The number of phenolic OH excluding ortho intramolecular Hbond substituents is 1. The predicted octanol–water partition coefficient (Wildman–Crippen LogP) is 3.07. The largest absolute Gasteiger partial charge is 0.508 e. The Hall–Kier alpha value is -1.61. The van der Waals surface area contributed by atoms with E-state index in [9.17, 15) is 9.50 Å². The molecule has 0 spiro atoms. The predicted molar refractivity (Wildman–Crippen MR) is 70.5 cm³/mol. The summed E-state index contributed by atoms with van der Waals surface area (Å²) in [4.78, 5) is 0. The summed E-state index contributed by atoms with van der Waals surface area (Å²) in [5, 5.41) is 14.3. The standard InChI is InChI=1S/C15H16FNO/c1-9-14(18)7-11-3-2-10(6-13(11)15(9)16)12-4-5-17-8-12/h2-3,6-7,12,17-18H,4-5,8H2,1H3. The first kappa shape index (κ1) is 11.5. The van der Waals surface area contributed by atoms with Gasteiger partial charge in [0.2, 0.25) is 0 Å². The van der Waals surface area contributed by atoms with Crippen LogP contribution in [-0.2, 0) is 0 Å². The molecule has 2 nitrogen and oxygen atoms in total. The monoisotopic (exact) mass is 245 g/mol. The van der Waals surface area contributed by atoms with Crippen LogP contribution in [0.1, 0.15) is 23.5 Å². The van der Waals surface area contributed by atoms with Crippen LogP contribution in [0, 0.1) is 12.7 Å². The fraction of sp³-hybridized carbons (Fsp3) is 0.333. The van der Waals surface area contributed by atoms with E-state index < -0.39 is 0 Å². The van der Waals surface area contributed by atoms with E-state index >= 15 is 0 Å². The molecule has 2 aromatic carbocycles. The van der Waals surface area contributed by atoms with E-state index in [1.807, 2.05) is 18.2 Å². The lowest BCUT2D eigenvalue weighted by Crippen LogP contribution is -2.07. The van der Waals surface area contributed by atoms with Crippen molar-refractivity contribution >= 4 is 10.8 Å². The zero-order valence-electron chi connectivity index (χ0n) is 10.3. The third kappa shape index (κ3) is 1.75. The van der Waals surface area contributed by atoms with Crippen molar-refractivity contribution in [2.75, 3.05) is 13.1 Å². The van der Waals surface area contributed by atoms with E-state index in [-0.39, 0.29) is 11.6 Å². The molecule has 1 fully saturated rings. The number of fused-ring (bicyclic) bond motifs is 1. The number of hydrogen-bond donors (Lipinski definition) is 2. The first-order chi connectivity index (χ1) is 8.66. The van der Waals surface area contributed by atoms with Gasteiger partial charge in [-0.05, 0) is 48.9 Å². The number of nitrogens with one attached hydrogen (secondary N) is 1. The van der Waals surface area contributed by atoms with Crippen LogP contribution in [-0.4, -0.2) is 18.2 Å². The maximum Gasteiger partial charge on any atom is 0.137 e. The van der Waals surface area contributed by atoms with Crippen LogP contribution >= 0.6 is 0 Å². The fourth-order valence-corrected chi connectivity index (χ4v) is 2.65. The Labute approximate surface area is 105 Å². The number of benzene rings is 2. The normalized spacial score (nSPS) is 19.6. The van der Waals surface area contributed by atoms with Crippen molar-refractivity contribution in [2.45, 2.75) is 19.3 Å². The Kier molecular flexibility index (Phi) is 2.71. The lowest BCUT2D eigenvalue weighted by molar-refractivity contribution is 0.465. The Morgan fingerprint density at radius 1 is 1.33 bits per heavy atom. The highest BCUT2D eigenvalue weighted by molar-refractivity contribution is 5.86. The average Bonchev–Trinajstić information content (AvgIpc) is 2.90. The molecule has 3 rings (SSSR count). The summed E-state index contributed by atoms with van der Waals surface area (Å²) in [7, 11) is 0. The van der Waals surface area contributed by atoms with Gasteiger partial charge in [-0.25, -0.2) is 4.39 Å². The van der Waals surface area contributed by atoms with Gasteiger partial charge >= 0.3 is 0 Å². The molecule has 1 heterocycles. The zero-order valence-corrected chi connectivity index (χ0v) is 10.3. The molecule has 0 amide bonds. The minimum Gasteiger partial charge on any atom is -0.508 e. The van der Waals surface area contributed by atoms with Crippen LogP contribution in [0.15, 0.2) is 24.3 Å². The van der Waals surface area contributed by atoms with Crippen molar-refractivity contribution in [2.24, 2.45) is 0 Å². The molecular formula is C15H16FNO. The van der Waals surface area contributed by atoms with E-state index in [2.05, 4.69) is 5.32 Å². The van der Waals surface area contributed by atoms with Crippen molar-refractivity contribution in [3.8, 4) is 5.75 Å². The van der Waals surface area contributed by atoms with Crippen molar-refractivity contribution in [1.82, 2.24) is 5.32 Å². The Morgan fingerprint density at radius 2 is 2.17 bits per heavy atom. The van der Waals surface area contributed by atoms with E-state index in [0.29, 0.717) is 16.9 Å². The fourth-order valence-electron chi connectivity index (χ4n) is 2.65. The second-order valence-corrected chi connectivity index (χ2v) is 5.00. The van der Waals surface area contributed by atoms with Gasteiger partial charge in [-0.2, -0.15) is 0 Å². The Morgan fingerprint density at radius 3 is 2.89 bits per heavy atom. The highest BCUT2D eigenvalue weighted by atomic mass is 19.1. The molecule has 3 heteroatoms. The van der Waals surface area contributed by atoms with E-state index in [0.717, 1.165) is 24.9 Å². The zero-order chi connectivity index (χ0) is 12.7. The number of hydrogen-bond acceptors (Lipinski definition) is 2. The summed E-state index contributed by atoms with van der Waals surface area (Å²) in [6, 6.07) is 7.48. The first-order valence-electron chi connectivity index (χ1n) is 6.29. The minimum absolute atomic E-state index is 0.0234. The molecule has 94 valence electrons. The quantitative estimate of drug-likeness (QED) is 0.809. The van der Waals surface area contributed by atoms with E-state index in [1.165, 1.54) is 5.56 Å². The van der Waals surface area contributed by atoms with Crippen molar-refractivity contribution in [3.63, 3.8) is 0 Å². The van der Waals surface area contributed by atoms with Crippen molar-refractivity contribution < 1.29 is 9.50 Å². The second-order valence-electron chi connectivity index (χ2n) is 5.00. The molecule has 1 atom stereocenters. The second kappa shape index (κ2) is 4.25. The van der Waals surface area contributed by atoms with Crippen LogP contribution in [0.4, 0.5) is 4.39 Å². The first-order valence-corrected chi connectivity index (χ1v) is 6.29. The van der Waals surface area contributed by atoms with Crippen LogP contribution in [0.2, 0.25) is 0 Å². The molecule has 1 saturated heterocycles. The molecule has 0 radical (unpaired) electrons. The summed E-state index contributed by atoms with van der Waals surface area (Å²) in [5.74, 6) is 0.191. The molecule has 1 aliphatic rings. The number of phenols is 1. The minimum atomic E-state index is -0.308. The van der Waals surface area contributed by atoms with Crippen LogP contribution in [0.5, 0.6) is 5.75 Å². The lowest BCUT2D eigenvalue weighted by Gasteiger charge is -2.11. The topological polar surface area (TPSA) is 32.3 Å². The van der Waals surface area contributed by atoms with Crippen LogP contribution < -0.4 is 5.32 Å². The van der Waals surface area contributed by atoms with Gasteiger partial charge < -0.3 is 10.4 Å². The molecule has 0 saturated carbocycles. The Balaban J connectivity index is 2.16. The SMILES string of the molecule is Cc1c(O)cc2ccc(C3CCNC3)cc2c1F. The highest BCUT2D eigenvalue weighted by Crippen LogP contribution is 2.31. The van der Waals surface area contributed by atoms with E-state index in [1.54, 1.807) is 13.0 Å². The average molecular weight is 245 g/mol. The molecule has 1 unspecified atom stereocenters. The Bertz CT molecular complexity index is 603. The summed E-state index contributed by atoms with van der Waals surface area (Å²) in [6.45, 7) is 3.60. The van der Waals surface area contributed by atoms with Crippen molar-refractivity contribution in [1.29, 1.82) is 0 Å². The molecule has 1 aliphatic heterocycles. The van der Waals surface area contributed by atoms with Gasteiger partial charge in [-0.1, -0.05) is 12.1 Å². The number of halogens is 1. The highest BCUT2D eigenvalue weighted by Gasteiger charge is 2.18. The van der Waals surface area contributed by atoms with Gasteiger partial charge in [0.15, 0.2) is 0 Å². The summed E-state index contributed by atoms with van der Waals surface area (Å²) in [6.07, 6.45) is 1.10. The maximum atomic E-state index is 14.2. The lowest BCUT2D eigenvalue weighted by atomic mass is 9.94. The van der Waals surface area contributed by atoms with Gasteiger partial charge in [-0.3, -0.25) is 0 Å². The van der Waals surface area contributed by atoms with Crippen LogP contribution in [0.25, 0.3) is 10.8 Å². The van der Waals surface area contributed by atoms with Crippen molar-refractivity contribution in [3.05, 3.63) is 41.2 Å². The molecular weight excluding hydrogens is 229 g/mol.